The Hall–Kier alpha value is -2.37. The highest BCUT2D eigenvalue weighted by atomic mass is 35.5. The molecule has 158 valence electrons. The van der Waals surface area contributed by atoms with Gasteiger partial charge in [-0.25, -0.2) is 4.98 Å². The van der Waals surface area contributed by atoms with Gasteiger partial charge in [-0.2, -0.15) is 0 Å². The van der Waals surface area contributed by atoms with Crippen molar-refractivity contribution in [1.29, 1.82) is 0 Å². The van der Waals surface area contributed by atoms with Gasteiger partial charge in [-0.15, -0.1) is 0 Å². The van der Waals surface area contributed by atoms with Crippen molar-refractivity contribution >= 4 is 22.5 Å². The molecule has 0 spiro atoms. The summed E-state index contributed by atoms with van der Waals surface area (Å²) in [6.45, 7) is 3.94. The molecule has 1 aromatic heterocycles. The topological polar surface area (TPSA) is 75.4 Å². The van der Waals surface area contributed by atoms with Gasteiger partial charge in [0, 0.05) is 16.5 Å². The Bertz CT molecular complexity index is 1120. The third-order valence-electron chi connectivity index (χ3n) is 6.08. The third-order valence-corrected chi connectivity index (χ3v) is 6.33. The quantitative estimate of drug-likeness (QED) is 0.579. The molecule has 6 heteroatoms. The number of halogens is 1. The highest BCUT2D eigenvalue weighted by Crippen LogP contribution is 2.40. The lowest BCUT2D eigenvalue weighted by atomic mass is 9.82. The summed E-state index contributed by atoms with van der Waals surface area (Å²) in [6, 6.07) is 10.2. The monoisotopic (exact) mass is 426 g/mol. The molecule has 1 aliphatic rings. The van der Waals surface area contributed by atoms with Crippen LogP contribution in [0.3, 0.4) is 0 Å². The average Bonchev–Trinajstić information content (AvgIpc) is 2.74. The van der Waals surface area contributed by atoms with Gasteiger partial charge in [0.1, 0.15) is 11.6 Å². The smallest absolute Gasteiger partial charge is 0.265 e. The number of phenolic OH excluding ortho intramolecular Hbond substituents is 1. The van der Waals surface area contributed by atoms with E-state index in [0.717, 1.165) is 25.7 Å². The summed E-state index contributed by atoms with van der Waals surface area (Å²) < 4.78 is 1.59. The Morgan fingerprint density at radius 2 is 1.73 bits per heavy atom. The van der Waals surface area contributed by atoms with Gasteiger partial charge in [0.25, 0.3) is 5.56 Å². The molecule has 4 rings (SSSR count). The van der Waals surface area contributed by atoms with Crippen LogP contribution < -0.4 is 5.56 Å². The molecular formula is C24H27ClN2O3. The Kier molecular flexibility index (Phi) is 5.85. The van der Waals surface area contributed by atoms with E-state index in [1.165, 1.54) is 12.5 Å². The number of benzene rings is 2. The SMILES string of the molecule is CC(C)c1nc2c(C(O)C3CCCCC3)c(O)ccc2c(=O)n1-c1ccc(Cl)cc1. The first-order valence-electron chi connectivity index (χ1n) is 10.6. The number of nitrogens with zero attached hydrogens (tertiary/aromatic N) is 2. The summed E-state index contributed by atoms with van der Waals surface area (Å²) in [4.78, 5) is 18.3. The summed E-state index contributed by atoms with van der Waals surface area (Å²) in [7, 11) is 0. The number of aliphatic hydroxyl groups is 1. The molecule has 1 heterocycles. The normalized spacial score (nSPS) is 16.3. The van der Waals surface area contributed by atoms with Gasteiger partial charge in [0.2, 0.25) is 0 Å². The maximum absolute atomic E-state index is 13.5. The zero-order chi connectivity index (χ0) is 21.4. The van der Waals surface area contributed by atoms with Gasteiger partial charge in [0.15, 0.2) is 0 Å². The van der Waals surface area contributed by atoms with E-state index < -0.39 is 6.10 Å². The second-order valence-corrected chi connectivity index (χ2v) is 8.92. The number of rotatable bonds is 4. The predicted octanol–water partition coefficient (Wildman–Crippen LogP) is 5.48. The molecule has 0 amide bonds. The molecule has 0 bridgehead atoms. The highest BCUT2D eigenvalue weighted by Gasteiger charge is 2.29. The fraction of sp³-hybridized carbons (Fsp3) is 0.417. The van der Waals surface area contributed by atoms with Crippen molar-refractivity contribution < 1.29 is 10.2 Å². The van der Waals surface area contributed by atoms with Crippen LogP contribution in [0.15, 0.2) is 41.2 Å². The minimum absolute atomic E-state index is 0.00794. The summed E-state index contributed by atoms with van der Waals surface area (Å²) >= 11 is 6.02. The van der Waals surface area contributed by atoms with Crippen molar-refractivity contribution in [2.45, 2.75) is 58.0 Å². The first-order valence-corrected chi connectivity index (χ1v) is 11.0. The van der Waals surface area contributed by atoms with Crippen LogP contribution >= 0.6 is 11.6 Å². The van der Waals surface area contributed by atoms with E-state index in [1.807, 2.05) is 13.8 Å². The van der Waals surface area contributed by atoms with Crippen LogP contribution in [0, 0.1) is 5.92 Å². The number of aliphatic hydroxyl groups excluding tert-OH is 1. The molecule has 0 saturated heterocycles. The van der Waals surface area contributed by atoms with Crippen LogP contribution in [0.4, 0.5) is 0 Å². The van der Waals surface area contributed by atoms with E-state index in [-0.39, 0.29) is 23.1 Å². The molecule has 2 aromatic carbocycles. The Morgan fingerprint density at radius 1 is 1.07 bits per heavy atom. The highest BCUT2D eigenvalue weighted by molar-refractivity contribution is 6.30. The van der Waals surface area contributed by atoms with Crippen LogP contribution in [0.25, 0.3) is 16.6 Å². The maximum Gasteiger partial charge on any atom is 0.265 e. The molecule has 1 aliphatic carbocycles. The van der Waals surface area contributed by atoms with E-state index in [2.05, 4.69) is 0 Å². The molecule has 1 saturated carbocycles. The van der Waals surface area contributed by atoms with Crippen molar-refractivity contribution in [3.63, 3.8) is 0 Å². The minimum Gasteiger partial charge on any atom is -0.507 e. The zero-order valence-corrected chi connectivity index (χ0v) is 18.1. The van der Waals surface area contributed by atoms with Gasteiger partial charge in [0.05, 0.1) is 22.7 Å². The predicted molar refractivity (Wildman–Crippen MR) is 120 cm³/mol. The van der Waals surface area contributed by atoms with E-state index in [4.69, 9.17) is 16.6 Å². The molecule has 5 nitrogen and oxygen atoms in total. The van der Waals surface area contributed by atoms with E-state index in [1.54, 1.807) is 34.9 Å². The summed E-state index contributed by atoms with van der Waals surface area (Å²) in [5.41, 5.74) is 1.24. The van der Waals surface area contributed by atoms with Gasteiger partial charge in [-0.3, -0.25) is 9.36 Å². The zero-order valence-electron chi connectivity index (χ0n) is 17.3. The van der Waals surface area contributed by atoms with E-state index in [0.29, 0.717) is 33.0 Å². The molecule has 1 fully saturated rings. The van der Waals surface area contributed by atoms with Gasteiger partial charge in [-0.1, -0.05) is 44.7 Å². The molecular weight excluding hydrogens is 400 g/mol. The Labute approximate surface area is 181 Å². The number of phenols is 1. The molecule has 3 aromatic rings. The number of aromatic hydroxyl groups is 1. The lowest BCUT2D eigenvalue weighted by Gasteiger charge is -2.28. The fourth-order valence-electron chi connectivity index (χ4n) is 4.48. The summed E-state index contributed by atoms with van der Waals surface area (Å²) in [6.07, 6.45) is 4.30. The standard InChI is InChI=1S/C24H27ClN2O3/c1-14(2)23-26-21-18(24(30)27(23)17-10-8-16(25)9-11-17)12-13-19(28)20(21)22(29)15-6-4-3-5-7-15/h8-15,22,28-29H,3-7H2,1-2H3. The molecule has 1 unspecified atom stereocenters. The largest absolute Gasteiger partial charge is 0.507 e. The fourth-order valence-corrected chi connectivity index (χ4v) is 4.61. The van der Waals surface area contributed by atoms with E-state index in [9.17, 15) is 15.0 Å². The number of hydrogen-bond acceptors (Lipinski definition) is 4. The number of fused-ring (bicyclic) bond motifs is 1. The molecule has 1 atom stereocenters. The lowest BCUT2D eigenvalue weighted by molar-refractivity contribution is 0.0837. The first kappa shape index (κ1) is 20.9. The Balaban J connectivity index is 1.96. The van der Waals surface area contributed by atoms with Gasteiger partial charge in [-0.05, 0) is 55.2 Å². The van der Waals surface area contributed by atoms with Crippen LogP contribution in [-0.2, 0) is 0 Å². The van der Waals surface area contributed by atoms with Gasteiger partial charge >= 0.3 is 0 Å². The lowest BCUT2D eigenvalue weighted by Crippen LogP contribution is -2.26. The van der Waals surface area contributed by atoms with Gasteiger partial charge < -0.3 is 10.2 Å². The molecule has 2 N–H and O–H groups in total. The average molecular weight is 427 g/mol. The van der Waals surface area contributed by atoms with Crippen molar-refractivity contribution in [1.82, 2.24) is 9.55 Å². The van der Waals surface area contributed by atoms with Crippen molar-refractivity contribution in [2.75, 3.05) is 0 Å². The van der Waals surface area contributed by atoms with Crippen molar-refractivity contribution in [3.05, 3.63) is 63.2 Å². The van der Waals surface area contributed by atoms with E-state index >= 15 is 0 Å². The Morgan fingerprint density at radius 3 is 2.37 bits per heavy atom. The molecule has 0 aliphatic heterocycles. The second-order valence-electron chi connectivity index (χ2n) is 8.48. The molecule has 30 heavy (non-hydrogen) atoms. The first-order chi connectivity index (χ1) is 14.4. The number of hydrogen-bond donors (Lipinski definition) is 2. The summed E-state index contributed by atoms with van der Waals surface area (Å²) in [5, 5.41) is 22.7. The van der Waals surface area contributed by atoms with Crippen molar-refractivity contribution in [3.8, 4) is 11.4 Å². The van der Waals surface area contributed by atoms with Crippen LogP contribution in [0.5, 0.6) is 5.75 Å². The number of aromatic nitrogens is 2. The summed E-state index contributed by atoms with van der Waals surface area (Å²) in [5.74, 6) is 0.599. The molecule has 0 radical (unpaired) electrons. The minimum atomic E-state index is -0.840. The van der Waals surface area contributed by atoms with Crippen LogP contribution in [0.2, 0.25) is 5.02 Å². The van der Waals surface area contributed by atoms with Crippen LogP contribution in [-0.4, -0.2) is 19.8 Å². The van der Waals surface area contributed by atoms with Crippen molar-refractivity contribution in [2.24, 2.45) is 5.92 Å². The second kappa shape index (κ2) is 8.40. The van der Waals surface area contributed by atoms with Crippen LogP contribution in [0.1, 0.15) is 69.4 Å². The maximum atomic E-state index is 13.5. The third kappa shape index (κ3) is 3.72.